The van der Waals surface area contributed by atoms with E-state index in [1.807, 2.05) is 32.0 Å². The van der Waals surface area contributed by atoms with Crippen molar-refractivity contribution in [3.63, 3.8) is 0 Å². The molecular weight excluding hydrogens is 274 g/mol. The third-order valence-electron chi connectivity index (χ3n) is 2.43. The maximum atomic E-state index is 11.8. The Labute approximate surface area is 102 Å². The summed E-state index contributed by atoms with van der Waals surface area (Å²) in [6.07, 6.45) is 0.934. The SMILES string of the molecule is CCC(C)S(=O)Cc1ccc(Br)cc1N. The average Bonchev–Trinajstić information content (AvgIpc) is 2.20. The topological polar surface area (TPSA) is 43.1 Å². The van der Waals surface area contributed by atoms with Crippen molar-refractivity contribution >= 4 is 32.4 Å². The highest BCUT2D eigenvalue weighted by atomic mass is 79.9. The van der Waals surface area contributed by atoms with Crippen molar-refractivity contribution < 1.29 is 4.21 Å². The van der Waals surface area contributed by atoms with Crippen molar-refractivity contribution in [1.82, 2.24) is 0 Å². The highest BCUT2D eigenvalue weighted by Gasteiger charge is 2.11. The molecule has 2 nitrogen and oxygen atoms in total. The molecule has 2 N–H and O–H groups in total. The van der Waals surface area contributed by atoms with E-state index in [0.717, 1.165) is 16.5 Å². The van der Waals surface area contributed by atoms with E-state index in [1.54, 1.807) is 0 Å². The van der Waals surface area contributed by atoms with Crippen LogP contribution in [0.25, 0.3) is 0 Å². The van der Waals surface area contributed by atoms with Crippen molar-refractivity contribution in [3.8, 4) is 0 Å². The van der Waals surface area contributed by atoms with Gasteiger partial charge in [-0.25, -0.2) is 0 Å². The minimum atomic E-state index is -0.828. The van der Waals surface area contributed by atoms with Gasteiger partial charge in [0.1, 0.15) is 0 Å². The van der Waals surface area contributed by atoms with Crippen LogP contribution in [0, 0.1) is 0 Å². The van der Waals surface area contributed by atoms with Crippen LogP contribution in [0.3, 0.4) is 0 Å². The van der Waals surface area contributed by atoms with Crippen molar-refractivity contribution in [2.75, 3.05) is 5.73 Å². The Morgan fingerprint density at radius 2 is 2.20 bits per heavy atom. The third-order valence-corrected chi connectivity index (χ3v) is 4.75. The fraction of sp³-hybridized carbons (Fsp3) is 0.455. The summed E-state index contributed by atoms with van der Waals surface area (Å²) in [5.41, 5.74) is 7.53. The Hall–Kier alpha value is -0.350. The second kappa shape index (κ2) is 5.66. The minimum absolute atomic E-state index is 0.230. The molecule has 2 atom stereocenters. The molecule has 1 aromatic carbocycles. The van der Waals surface area contributed by atoms with Crippen LogP contribution in [-0.4, -0.2) is 9.46 Å². The number of hydrogen-bond donors (Lipinski definition) is 1. The minimum Gasteiger partial charge on any atom is -0.398 e. The van der Waals surface area contributed by atoms with E-state index in [-0.39, 0.29) is 5.25 Å². The van der Waals surface area contributed by atoms with Gasteiger partial charge in [0.15, 0.2) is 0 Å². The largest absolute Gasteiger partial charge is 0.398 e. The first-order chi connectivity index (χ1) is 7.04. The lowest BCUT2D eigenvalue weighted by Crippen LogP contribution is -2.12. The summed E-state index contributed by atoms with van der Waals surface area (Å²) in [6.45, 7) is 4.05. The Morgan fingerprint density at radius 1 is 1.53 bits per heavy atom. The predicted octanol–water partition coefficient (Wildman–Crippen LogP) is 3.08. The number of halogens is 1. The Bertz CT molecular complexity index is 368. The monoisotopic (exact) mass is 289 g/mol. The third kappa shape index (κ3) is 3.61. The summed E-state index contributed by atoms with van der Waals surface area (Å²) >= 11 is 3.35. The number of benzene rings is 1. The highest BCUT2D eigenvalue weighted by molar-refractivity contribution is 9.10. The molecular formula is C11H16BrNOS. The standard InChI is InChI=1S/C11H16BrNOS/c1-3-8(2)15(14)7-9-4-5-10(12)6-11(9)13/h4-6,8H,3,7,13H2,1-2H3. The molecule has 0 radical (unpaired) electrons. The smallest absolute Gasteiger partial charge is 0.0508 e. The summed E-state index contributed by atoms with van der Waals surface area (Å²) in [5, 5.41) is 0.230. The predicted molar refractivity (Wildman–Crippen MR) is 70.2 cm³/mol. The van der Waals surface area contributed by atoms with Gasteiger partial charge in [-0.1, -0.05) is 35.8 Å². The van der Waals surface area contributed by atoms with Gasteiger partial charge < -0.3 is 5.73 Å². The van der Waals surface area contributed by atoms with Crippen LogP contribution in [0.1, 0.15) is 25.8 Å². The van der Waals surface area contributed by atoms with E-state index in [0.29, 0.717) is 11.4 Å². The quantitative estimate of drug-likeness (QED) is 0.866. The lowest BCUT2D eigenvalue weighted by atomic mass is 10.2. The van der Waals surface area contributed by atoms with Gasteiger partial charge in [-0.15, -0.1) is 0 Å². The highest BCUT2D eigenvalue weighted by Crippen LogP contribution is 2.20. The van der Waals surface area contributed by atoms with E-state index in [1.165, 1.54) is 0 Å². The van der Waals surface area contributed by atoms with Gasteiger partial charge in [0.2, 0.25) is 0 Å². The summed E-state index contributed by atoms with van der Waals surface area (Å²) < 4.78 is 12.8. The molecule has 4 heteroatoms. The van der Waals surface area contributed by atoms with Gasteiger partial charge in [0.25, 0.3) is 0 Å². The second-order valence-electron chi connectivity index (χ2n) is 3.59. The van der Waals surface area contributed by atoms with Crippen LogP contribution >= 0.6 is 15.9 Å². The van der Waals surface area contributed by atoms with E-state index in [9.17, 15) is 4.21 Å². The molecule has 0 amide bonds. The molecule has 0 saturated carbocycles. The lowest BCUT2D eigenvalue weighted by Gasteiger charge is -2.10. The van der Waals surface area contributed by atoms with Gasteiger partial charge in [0, 0.05) is 26.2 Å². The molecule has 0 spiro atoms. The summed E-state index contributed by atoms with van der Waals surface area (Å²) in [6, 6.07) is 5.71. The van der Waals surface area contributed by atoms with Crippen LogP contribution in [0.4, 0.5) is 5.69 Å². The molecule has 1 rings (SSSR count). The molecule has 1 aromatic rings. The van der Waals surface area contributed by atoms with Crippen LogP contribution in [0.2, 0.25) is 0 Å². The van der Waals surface area contributed by atoms with Gasteiger partial charge in [-0.05, 0) is 24.1 Å². The van der Waals surface area contributed by atoms with Crippen LogP contribution in [0.15, 0.2) is 22.7 Å². The zero-order chi connectivity index (χ0) is 11.4. The number of nitrogens with two attached hydrogens (primary N) is 1. The molecule has 2 unspecified atom stereocenters. The molecule has 0 fully saturated rings. The molecule has 0 saturated heterocycles. The van der Waals surface area contributed by atoms with Gasteiger partial charge >= 0.3 is 0 Å². The summed E-state index contributed by atoms with van der Waals surface area (Å²) in [7, 11) is -0.828. The first kappa shape index (κ1) is 12.7. The van der Waals surface area contributed by atoms with Crippen molar-refractivity contribution in [2.45, 2.75) is 31.3 Å². The molecule has 0 aliphatic heterocycles. The van der Waals surface area contributed by atoms with E-state index in [2.05, 4.69) is 15.9 Å². The fourth-order valence-corrected chi connectivity index (χ4v) is 2.78. The molecule has 0 aromatic heterocycles. The van der Waals surface area contributed by atoms with Crippen LogP contribution < -0.4 is 5.73 Å². The Morgan fingerprint density at radius 3 is 2.73 bits per heavy atom. The molecule has 0 heterocycles. The zero-order valence-electron chi connectivity index (χ0n) is 9.00. The molecule has 15 heavy (non-hydrogen) atoms. The van der Waals surface area contributed by atoms with Crippen molar-refractivity contribution in [2.24, 2.45) is 0 Å². The fourth-order valence-electron chi connectivity index (χ4n) is 1.18. The molecule has 0 aliphatic carbocycles. The number of hydrogen-bond acceptors (Lipinski definition) is 2. The van der Waals surface area contributed by atoms with Gasteiger partial charge in [-0.3, -0.25) is 4.21 Å². The number of nitrogen functional groups attached to an aromatic ring is 1. The summed E-state index contributed by atoms with van der Waals surface area (Å²) in [5.74, 6) is 0.550. The van der Waals surface area contributed by atoms with E-state index in [4.69, 9.17) is 5.73 Å². The number of rotatable bonds is 4. The van der Waals surface area contributed by atoms with Crippen LogP contribution in [0.5, 0.6) is 0 Å². The van der Waals surface area contributed by atoms with Crippen molar-refractivity contribution in [1.29, 1.82) is 0 Å². The maximum absolute atomic E-state index is 11.8. The molecule has 84 valence electrons. The molecule has 0 aliphatic rings. The summed E-state index contributed by atoms with van der Waals surface area (Å²) in [4.78, 5) is 0. The Kier molecular flexibility index (Phi) is 4.80. The average molecular weight is 290 g/mol. The Balaban J connectivity index is 2.77. The van der Waals surface area contributed by atoms with E-state index >= 15 is 0 Å². The van der Waals surface area contributed by atoms with Gasteiger partial charge in [-0.2, -0.15) is 0 Å². The lowest BCUT2D eigenvalue weighted by molar-refractivity contribution is 0.670. The zero-order valence-corrected chi connectivity index (χ0v) is 11.4. The normalized spacial score (nSPS) is 14.9. The first-order valence-corrected chi connectivity index (χ1v) is 7.13. The number of anilines is 1. The van der Waals surface area contributed by atoms with Crippen LogP contribution in [-0.2, 0) is 16.6 Å². The first-order valence-electron chi connectivity index (χ1n) is 4.95. The molecule has 0 bridgehead atoms. The second-order valence-corrected chi connectivity index (χ2v) is 6.36. The van der Waals surface area contributed by atoms with E-state index < -0.39 is 10.8 Å². The van der Waals surface area contributed by atoms with Gasteiger partial charge in [0.05, 0.1) is 5.75 Å². The van der Waals surface area contributed by atoms with Crippen molar-refractivity contribution in [3.05, 3.63) is 28.2 Å². The maximum Gasteiger partial charge on any atom is 0.0508 e.